The molecule has 6 heteroatoms. The topological polar surface area (TPSA) is 42.0 Å². The van der Waals surface area contributed by atoms with Gasteiger partial charge in [-0.2, -0.15) is 0 Å². The molecule has 0 fully saturated rings. The average molecular weight is 361 g/mol. The van der Waals surface area contributed by atoms with Gasteiger partial charge >= 0.3 is 0 Å². The third-order valence-corrected chi connectivity index (χ3v) is 4.67. The number of aromatic nitrogens is 1. The van der Waals surface area contributed by atoms with Crippen LogP contribution in [0.1, 0.15) is 16.1 Å². The molecule has 1 amide bonds. The summed E-state index contributed by atoms with van der Waals surface area (Å²) in [5, 5.41) is 5.54. The van der Waals surface area contributed by atoms with E-state index < -0.39 is 11.7 Å². The van der Waals surface area contributed by atoms with Gasteiger partial charge in [0.25, 0.3) is 5.91 Å². The Kier molecular flexibility index (Phi) is 5.23. The predicted octanol–water partition coefficient (Wildman–Crippen LogP) is 4.58. The summed E-state index contributed by atoms with van der Waals surface area (Å²) in [6.45, 7) is 0.378. The van der Waals surface area contributed by atoms with E-state index in [0.29, 0.717) is 13.0 Å². The average Bonchev–Trinajstić information content (AvgIpc) is 3.07. The lowest BCUT2D eigenvalue weighted by Gasteiger charge is -2.06. The molecule has 0 aliphatic rings. The molecule has 0 spiro atoms. The Morgan fingerprint density at radius 2 is 1.96 bits per heavy atom. The van der Waals surface area contributed by atoms with Gasteiger partial charge in [-0.05, 0) is 12.1 Å². The van der Waals surface area contributed by atoms with Crippen LogP contribution in [0.4, 0.5) is 4.39 Å². The molecule has 0 aliphatic carbocycles. The Balaban J connectivity index is 1.58. The van der Waals surface area contributed by atoms with Gasteiger partial charge in [0.15, 0.2) is 5.82 Å². The zero-order chi connectivity index (χ0) is 16.9. The molecule has 0 bridgehead atoms. The Bertz CT molecular complexity index is 851. The van der Waals surface area contributed by atoms with Gasteiger partial charge in [0, 0.05) is 23.9 Å². The lowest BCUT2D eigenvalue weighted by molar-refractivity contribution is 0.0950. The second-order valence-electron chi connectivity index (χ2n) is 5.12. The quantitative estimate of drug-likeness (QED) is 0.723. The van der Waals surface area contributed by atoms with Crippen molar-refractivity contribution in [3.05, 3.63) is 76.0 Å². The van der Waals surface area contributed by atoms with Gasteiger partial charge in [-0.15, -0.1) is 11.3 Å². The van der Waals surface area contributed by atoms with E-state index in [9.17, 15) is 9.18 Å². The molecule has 24 heavy (non-hydrogen) atoms. The first-order valence-corrected chi connectivity index (χ1v) is 8.63. The fraction of sp³-hybridized carbons (Fsp3) is 0.111. The van der Waals surface area contributed by atoms with Crippen molar-refractivity contribution in [3.63, 3.8) is 0 Å². The van der Waals surface area contributed by atoms with Gasteiger partial charge in [0.05, 0.1) is 16.3 Å². The van der Waals surface area contributed by atoms with Crippen molar-refractivity contribution >= 4 is 28.8 Å². The van der Waals surface area contributed by atoms with E-state index in [2.05, 4.69) is 10.3 Å². The second kappa shape index (κ2) is 7.55. The molecule has 0 saturated carbocycles. The first-order valence-electron chi connectivity index (χ1n) is 7.37. The minimum atomic E-state index is -0.698. The van der Waals surface area contributed by atoms with Crippen LogP contribution in [0.5, 0.6) is 0 Å². The molecule has 0 saturated heterocycles. The van der Waals surface area contributed by atoms with Gasteiger partial charge < -0.3 is 5.32 Å². The number of carbonyl (C=O) groups excluding carboxylic acids is 1. The monoisotopic (exact) mass is 360 g/mol. The van der Waals surface area contributed by atoms with E-state index >= 15 is 0 Å². The van der Waals surface area contributed by atoms with E-state index in [-0.39, 0.29) is 10.6 Å². The molecule has 1 aromatic heterocycles. The predicted molar refractivity (Wildman–Crippen MR) is 95.0 cm³/mol. The molecular weight excluding hydrogens is 347 g/mol. The van der Waals surface area contributed by atoms with Crippen LogP contribution in [0.2, 0.25) is 5.02 Å². The summed E-state index contributed by atoms with van der Waals surface area (Å²) in [5.74, 6) is -1.18. The molecule has 2 aromatic carbocycles. The van der Waals surface area contributed by atoms with Crippen LogP contribution >= 0.6 is 22.9 Å². The number of rotatable bonds is 5. The summed E-state index contributed by atoms with van der Waals surface area (Å²) >= 11 is 7.25. The summed E-state index contributed by atoms with van der Waals surface area (Å²) in [7, 11) is 0. The lowest BCUT2D eigenvalue weighted by Crippen LogP contribution is -2.26. The zero-order valence-electron chi connectivity index (χ0n) is 12.6. The highest BCUT2D eigenvalue weighted by atomic mass is 35.5. The summed E-state index contributed by atoms with van der Waals surface area (Å²) < 4.78 is 13.8. The second-order valence-corrected chi connectivity index (χ2v) is 6.38. The first kappa shape index (κ1) is 16.6. The van der Waals surface area contributed by atoms with Crippen LogP contribution in [0.3, 0.4) is 0 Å². The summed E-state index contributed by atoms with van der Waals surface area (Å²) in [4.78, 5) is 16.6. The number of carbonyl (C=O) groups is 1. The van der Waals surface area contributed by atoms with Crippen molar-refractivity contribution < 1.29 is 9.18 Å². The molecule has 0 atom stereocenters. The number of amides is 1. The highest BCUT2D eigenvalue weighted by Crippen LogP contribution is 2.23. The number of nitrogens with zero attached hydrogens (tertiary/aromatic N) is 1. The Morgan fingerprint density at radius 1 is 1.17 bits per heavy atom. The van der Waals surface area contributed by atoms with Gasteiger partial charge in [-0.1, -0.05) is 48.0 Å². The molecule has 0 aliphatic heterocycles. The molecule has 1 heterocycles. The normalized spacial score (nSPS) is 10.6. The largest absolute Gasteiger partial charge is 0.352 e. The van der Waals surface area contributed by atoms with E-state index in [4.69, 9.17) is 11.6 Å². The maximum atomic E-state index is 13.8. The maximum absolute atomic E-state index is 13.8. The zero-order valence-corrected chi connectivity index (χ0v) is 14.2. The summed E-state index contributed by atoms with van der Waals surface area (Å²) in [5.41, 5.74) is 1.91. The number of thiazole rings is 1. The van der Waals surface area contributed by atoms with Crippen molar-refractivity contribution in [1.82, 2.24) is 10.3 Å². The third kappa shape index (κ3) is 3.80. The van der Waals surface area contributed by atoms with Crippen LogP contribution in [0.25, 0.3) is 10.6 Å². The van der Waals surface area contributed by atoms with Crippen LogP contribution in [0.15, 0.2) is 53.9 Å². The molecule has 3 nitrogen and oxygen atoms in total. The third-order valence-electron chi connectivity index (χ3n) is 3.44. The van der Waals surface area contributed by atoms with Crippen molar-refractivity contribution in [2.45, 2.75) is 6.42 Å². The van der Waals surface area contributed by atoms with Gasteiger partial charge in [-0.25, -0.2) is 9.37 Å². The van der Waals surface area contributed by atoms with Crippen molar-refractivity contribution in [2.24, 2.45) is 0 Å². The number of nitrogens with one attached hydrogen (secondary N) is 1. The molecule has 3 aromatic rings. The number of halogens is 2. The smallest absolute Gasteiger partial charge is 0.254 e. The lowest BCUT2D eigenvalue weighted by atomic mass is 10.2. The van der Waals surface area contributed by atoms with Gasteiger partial charge in [0.1, 0.15) is 5.01 Å². The van der Waals surface area contributed by atoms with E-state index in [1.165, 1.54) is 12.1 Å². The highest BCUT2D eigenvalue weighted by molar-refractivity contribution is 7.13. The van der Waals surface area contributed by atoms with Crippen LogP contribution in [0, 0.1) is 5.82 Å². The number of hydrogen-bond acceptors (Lipinski definition) is 3. The molecule has 0 radical (unpaired) electrons. The van der Waals surface area contributed by atoms with E-state index in [1.807, 2.05) is 35.7 Å². The van der Waals surface area contributed by atoms with Gasteiger partial charge in [0.2, 0.25) is 0 Å². The van der Waals surface area contributed by atoms with Crippen LogP contribution in [-0.2, 0) is 6.42 Å². The van der Waals surface area contributed by atoms with Crippen molar-refractivity contribution in [2.75, 3.05) is 6.54 Å². The number of benzene rings is 2. The number of hydrogen-bond donors (Lipinski definition) is 1. The molecular formula is C18H14ClFN2OS. The molecule has 0 unspecified atom stereocenters. The van der Waals surface area contributed by atoms with Gasteiger partial charge in [-0.3, -0.25) is 4.79 Å². The Morgan fingerprint density at radius 3 is 2.75 bits per heavy atom. The van der Waals surface area contributed by atoms with Crippen molar-refractivity contribution in [1.29, 1.82) is 0 Å². The molecule has 3 rings (SSSR count). The summed E-state index contributed by atoms with van der Waals surface area (Å²) in [6.07, 6.45) is 0.581. The SMILES string of the molecule is O=C(NCCc1csc(-c2ccccc2)n1)c1cccc(Cl)c1F. The maximum Gasteiger partial charge on any atom is 0.254 e. The molecule has 122 valence electrons. The van der Waals surface area contributed by atoms with Crippen LogP contribution in [-0.4, -0.2) is 17.4 Å². The fourth-order valence-electron chi connectivity index (χ4n) is 2.21. The summed E-state index contributed by atoms with van der Waals surface area (Å²) in [6, 6.07) is 14.3. The fourth-order valence-corrected chi connectivity index (χ4v) is 3.25. The van der Waals surface area contributed by atoms with E-state index in [1.54, 1.807) is 17.4 Å². The highest BCUT2D eigenvalue weighted by Gasteiger charge is 2.13. The minimum absolute atomic E-state index is 0.0502. The Labute approximate surface area is 148 Å². The van der Waals surface area contributed by atoms with Crippen molar-refractivity contribution in [3.8, 4) is 10.6 Å². The van der Waals surface area contributed by atoms with E-state index in [0.717, 1.165) is 16.3 Å². The first-order chi connectivity index (χ1) is 11.6. The Hall–Kier alpha value is -2.24. The molecule has 1 N–H and O–H groups in total. The minimum Gasteiger partial charge on any atom is -0.352 e. The standard InChI is InChI=1S/C18H14ClFN2OS/c19-15-8-4-7-14(16(15)20)17(23)21-10-9-13-11-24-18(22-13)12-5-2-1-3-6-12/h1-8,11H,9-10H2,(H,21,23). The van der Waals surface area contributed by atoms with Crippen LogP contribution < -0.4 is 5.32 Å².